The average Bonchev–Trinajstić information content (AvgIpc) is 2.34. The Morgan fingerprint density at radius 3 is 2.89 bits per heavy atom. The molecule has 1 aliphatic rings. The molecule has 1 unspecified atom stereocenters. The number of nitrogens with one attached hydrogen (secondary N) is 1. The number of aromatic nitrogens is 1. The van der Waals surface area contributed by atoms with Gasteiger partial charge in [0.2, 0.25) is 11.8 Å². The molecule has 19 heavy (non-hydrogen) atoms. The van der Waals surface area contributed by atoms with Crippen LogP contribution in [0.25, 0.3) is 0 Å². The van der Waals surface area contributed by atoms with E-state index in [2.05, 4.69) is 10.3 Å². The molecule has 1 saturated heterocycles. The Labute approximate surface area is 113 Å². The topological polar surface area (TPSA) is 99.6 Å². The maximum absolute atomic E-state index is 11.5. The van der Waals surface area contributed by atoms with Gasteiger partial charge in [-0.1, -0.05) is 11.6 Å². The summed E-state index contributed by atoms with van der Waals surface area (Å²) in [4.78, 5) is 39.2. The zero-order valence-corrected chi connectivity index (χ0v) is 10.6. The first kappa shape index (κ1) is 13.3. The van der Waals surface area contributed by atoms with Crippen molar-refractivity contribution in [3.05, 3.63) is 22.8 Å². The van der Waals surface area contributed by atoms with Crippen LogP contribution in [0.3, 0.4) is 0 Å². The number of rotatable bonds is 2. The molecule has 1 atom stereocenters. The third-order valence-corrected chi connectivity index (χ3v) is 3.09. The highest BCUT2D eigenvalue weighted by molar-refractivity contribution is 6.33. The van der Waals surface area contributed by atoms with Crippen LogP contribution in [0.15, 0.2) is 12.3 Å². The number of piperazine rings is 1. The van der Waals surface area contributed by atoms with E-state index in [1.165, 1.54) is 17.2 Å². The number of carboxylic acids is 1. The first-order chi connectivity index (χ1) is 8.90. The molecule has 1 aliphatic heterocycles. The van der Waals surface area contributed by atoms with Gasteiger partial charge in [0, 0.05) is 6.20 Å². The molecule has 0 aliphatic carbocycles. The number of carboxylic acid groups (broad SMARTS) is 1. The van der Waals surface area contributed by atoms with E-state index in [9.17, 15) is 14.4 Å². The number of pyridine rings is 1. The summed E-state index contributed by atoms with van der Waals surface area (Å²) in [6, 6.07) is 0.626. The largest absolute Gasteiger partial charge is 0.478 e. The predicted molar refractivity (Wildman–Crippen MR) is 66.2 cm³/mol. The van der Waals surface area contributed by atoms with E-state index in [1.807, 2.05) is 0 Å². The van der Waals surface area contributed by atoms with Gasteiger partial charge in [-0.2, -0.15) is 0 Å². The molecule has 2 amide bonds. The molecule has 2 rings (SSSR count). The molecule has 1 aromatic heterocycles. The smallest absolute Gasteiger partial charge is 0.337 e. The molecule has 0 bridgehead atoms. The van der Waals surface area contributed by atoms with E-state index in [1.54, 1.807) is 6.92 Å². The molecular formula is C11H10ClN3O4. The van der Waals surface area contributed by atoms with E-state index in [-0.39, 0.29) is 22.9 Å². The predicted octanol–water partition coefficient (Wildman–Crippen LogP) is 0.285. The molecule has 1 fully saturated rings. The number of carbonyl (C=O) groups is 3. The highest BCUT2D eigenvalue weighted by atomic mass is 35.5. The van der Waals surface area contributed by atoms with Crippen LogP contribution in [-0.2, 0) is 9.59 Å². The van der Waals surface area contributed by atoms with Crippen LogP contribution in [0.1, 0.15) is 17.3 Å². The Bertz CT molecular complexity index is 575. The minimum Gasteiger partial charge on any atom is -0.478 e. The van der Waals surface area contributed by atoms with E-state index in [0.29, 0.717) is 0 Å². The van der Waals surface area contributed by atoms with Crippen LogP contribution in [0, 0.1) is 0 Å². The second-order valence-corrected chi connectivity index (χ2v) is 4.45. The Kier molecular flexibility index (Phi) is 3.39. The Hall–Kier alpha value is -2.15. The van der Waals surface area contributed by atoms with Gasteiger partial charge in [0.25, 0.3) is 0 Å². The van der Waals surface area contributed by atoms with Crippen LogP contribution in [0.5, 0.6) is 0 Å². The lowest BCUT2D eigenvalue weighted by Gasteiger charge is -2.32. The van der Waals surface area contributed by atoms with Gasteiger partial charge in [-0.05, 0) is 13.0 Å². The zero-order chi connectivity index (χ0) is 14.2. The summed E-state index contributed by atoms with van der Waals surface area (Å²) in [6.07, 6.45) is 1.18. The molecule has 1 aromatic rings. The lowest BCUT2D eigenvalue weighted by molar-refractivity contribution is -0.132. The van der Waals surface area contributed by atoms with Crippen molar-refractivity contribution in [2.24, 2.45) is 0 Å². The zero-order valence-electron chi connectivity index (χ0n) is 9.88. The standard InChI is InChI=1S/C11H10ClN3O4/c1-5-10(17)14-9(16)4-15(5)8-2-6(11(18)19)7(12)3-13-8/h2-3,5H,4H2,1H3,(H,18,19)(H,14,16,17). The van der Waals surface area contributed by atoms with Crippen molar-refractivity contribution in [2.75, 3.05) is 11.4 Å². The molecule has 0 radical (unpaired) electrons. The highest BCUT2D eigenvalue weighted by Crippen LogP contribution is 2.22. The lowest BCUT2D eigenvalue weighted by Crippen LogP contribution is -2.57. The number of imide groups is 1. The minimum absolute atomic E-state index is 0.00306. The lowest BCUT2D eigenvalue weighted by atomic mass is 10.2. The summed E-state index contributed by atoms with van der Waals surface area (Å²) in [5.74, 6) is -1.90. The number of halogens is 1. The second kappa shape index (κ2) is 4.85. The van der Waals surface area contributed by atoms with E-state index < -0.39 is 23.8 Å². The fourth-order valence-corrected chi connectivity index (χ4v) is 1.93. The van der Waals surface area contributed by atoms with Crippen LogP contribution >= 0.6 is 11.6 Å². The molecule has 8 heteroatoms. The summed E-state index contributed by atoms with van der Waals surface area (Å²) in [5, 5.41) is 11.2. The monoisotopic (exact) mass is 283 g/mol. The van der Waals surface area contributed by atoms with Crippen LogP contribution in [0.4, 0.5) is 5.82 Å². The van der Waals surface area contributed by atoms with Crippen molar-refractivity contribution >= 4 is 35.2 Å². The molecule has 100 valence electrons. The summed E-state index contributed by atoms with van der Waals surface area (Å²) >= 11 is 5.72. The van der Waals surface area contributed by atoms with Crippen molar-refractivity contribution in [2.45, 2.75) is 13.0 Å². The summed E-state index contributed by atoms with van der Waals surface area (Å²) in [5.41, 5.74) is -0.128. The molecule has 2 N–H and O–H groups in total. The maximum atomic E-state index is 11.5. The van der Waals surface area contributed by atoms with Crippen LogP contribution in [-0.4, -0.2) is 40.5 Å². The van der Waals surface area contributed by atoms with Crippen LogP contribution < -0.4 is 10.2 Å². The van der Waals surface area contributed by atoms with Gasteiger partial charge in [0.05, 0.1) is 17.1 Å². The van der Waals surface area contributed by atoms with Gasteiger partial charge < -0.3 is 10.0 Å². The second-order valence-electron chi connectivity index (χ2n) is 4.04. The normalized spacial score (nSPS) is 19.3. The number of amides is 2. The fourth-order valence-electron chi connectivity index (χ4n) is 1.74. The Morgan fingerprint density at radius 2 is 2.26 bits per heavy atom. The number of nitrogens with zero attached hydrogens (tertiary/aromatic N) is 2. The van der Waals surface area contributed by atoms with Crippen LogP contribution in [0.2, 0.25) is 5.02 Å². The van der Waals surface area contributed by atoms with Crippen molar-refractivity contribution < 1.29 is 19.5 Å². The first-order valence-electron chi connectivity index (χ1n) is 5.39. The van der Waals surface area contributed by atoms with E-state index in [0.717, 1.165) is 0 Å². The van der Waals surface area contributed by atoms with Gasteiger partial charge in [0.15, 0.2) is 0 Å². The average molecular weight is 284 g/mol. The number of aromatic carboxylic acids is 1. The van der Waals surface area contributed by atoms with Gasteiger partial charge in [-0.15, -0.1) is 0 Å². The first-order valence-corrected chi connectivity index (χ1v) is 5.77. The SMILES string of the molecule is CC1C(=O)NC(=O)CN1c1cc(C(=O)O)c(Cl)cn1. The Balaban J connectivity index is 2.40. The summed E-state index contributed by atoms with van der Waals surface area (Å²) in [7, 11) is 0. The molecule has 7 nitrogen and oxygen atoms in total. The van der Waals surface area contributed by atoms with E-state index >= 15 is 0 Å². The molecule has 2 heterocycles. The quantitative estimate of drug-likeness (QED) is 0.757. The summed E-state index contributed by atoms with van der Waals surface area (Å²) in [6.45, 7) is 1.53. The summed E-state index contributed by atoms with van der Waals surface area (Å²) < 4.78 is 0. The van der Waals surface area contributed by atoms with E-state index in [4.69, 9.17) is 16.7 Å². The van der Waals surface area contributed by atoms with Crippen molar-refractivity contribution in [3.8, 4) is 0 Å². The minimum atomic E-state index is -1.20. The number of carbonyl (C=O) groups excluding carboxylic acids is 2. The third kappa shape index (κ3) is 2.50. The van der Waals surface area contributed by atoms with Crippen molar-refractivity contribution in [3.63, 3.8) is 0 Å². The molecule has 0 spiro atoms. The third-order valence-electron chi connectivity index (χ3n) is 2.79. The number of hydrogen-bond donors (Lipinski definition) is 2. The number of anilines is 1. The van der Waals surface area contributed by atoms with Crippen molar-refractivity contribution in [1.29, 1.82) is 0 Å². The molecule has 0 saturated carbocycles. The van der Waals surface area contributed by atoms with Gasteiger partial charge in [-0.25, -0.2) is 9.78 Å². The van der Waals surface area contributed by atoms with Crippen molar-refractivity contribution in [1.82, 2.24) is 10.3 Å². The van der Waals surface area contributed by atoms with Gasteiger partial charge in [0.1, 0.15) is 11.9 Å². The fraction of sp³-hybridized carbons (Fsp3) is 0.273. The maximum Gasteiger partial charge on any atom is 0.337 e. The highest BCUT2D eigenvalue weighted by Gasteiger charge is 2.31. The Morgan fingerprint density at radius 1 is 1.58 bits per heavy atom. The van der Waals surface area contributed by atoms with Gasteiger partial charge in [-0.3, -0.25) is 14.9 Å². The molecule has 0 aromatic carbocycles. The number of hydrogen-bond acceptors (Lipinski definition) is 5. The molecular weight excluding hydrogens is 274 g/mol. The van der Waals surface area contributed by atoms with Gasteiger partial charge >= 0.3 is 5.97 Å².